The van der Waals surface area contributed by atoms with Crippen molar-refractivity contribution in [3.63, 3.8) is 0 Å². The topological polar surface area (TPSA) is 38.8 Å². The van der Waals surface area contributed by atoms with Gasteiger partial charge in [-0.2, -0.15) is 0 Å². The second-order valence-corrected chi connectivity index (χ2v) is 7.50. The quantitative estimate of drug-likeness (QED) is 0.793. The summed E-state index contributed by atoms with van der Waals surface area (Å²) in [7, 11) is 0. The summed E-state index contributed by atoms with van der Waals surface area (Å²) in [4.78, 5) is 14.4. The molecule has 1 fully saturated rings. The number of ether oxygens (including phenoxy) is 2. The third-order valence-electron chi connectivity index (χ3n) is 3.50. The summed E-state index contributed by atoms with van der Waals surface area (Å²) in [6, 6.07) is 8.20. The first kappa shape index (κ1) is 17.3. The predicted molar refractivity (Wildman–Crippen MR) is 89.8 cm³/mol. The van der Waals surface area contributed by atoms with E-state index in [1.807, 2.05) is 49.9 Å². The van der Waals surface area contributed by atoms with Crippen LogP contribution in [0.5, 0.6) is 0 Å². The normalized spacial score (nSPS) is 16.4. The molecular formula is C17H24BrNO3. The van der Waals surface area contributed by atoms with E-state index in [9.17, 15) is 4.79 Å². The molecule has 0 aliphatic carbocycles. The molecule has 0 spiro atoms. The van der Waals surface area contributed by atoms with E-state index in [4.69, 9.17) is 9.47 Å². The Hall–Kier alpha value is -1.07. The number of carbonyl (C=O) groups excluding carboxylic acids is 1. The molecule has 0 atom stereocenters. The molecule has 1 amide bonds. The monoisotopic (exact) mass is 369 g/mol. The minimum absolute atomic E-state index is 0.169. The Morgan fingerprint density at radius 2 is 2.05 bits per heavy atom. The van der Waals surface area contributed by atoms with E-state index in [0.717, 1.165) is 22.9 Å². The third kappa shape index (κ3) is 5.29. The lowest BCUT2D eigenvalue weighted by Crippen LogP contribution is -2.45. The maximum atomic E-state index is 12.6. The predicted octanol–water partition coefficient (Wildman–Crippen LogP) is 4.37. The van der Waals surface area contributed by atoms with Gasteiger partial charge in [0.25, 0.3) is 0 Å². The Bertz CT molecular complexity index is 507. The molecule has 1 saturated heterocycles. The van der Waals surface area contributed by atoms with Gasteiger partial charge in [0.15, 0.2) is 0 Å². The van der Waals surface area contributed by atoms with Gasteiger partial charge in [-0.3, -0.25) is 0 Å². The standard InChI is InChI=1S/C17H24BrNO3/c1-17(2,3)22-16(20)19(15-7-9-21-10-8-15)12-13-5-4-6-14(18)11-13/h4-6,11,15H,7-10,12H2,1-3H3. The van der Waals surface area contributed by atoms with Crippen molar-refractivity contribution >= 4 is 22.0 Å². The average Bonchev–Trinajstić information content (AvgIpc) is 2.44. The lowest BCUT2D eigenvalue weighted by atomic mass is 10.1. The largest absolute Gasteiger partial charge is 0.444 e. The molecule has 4 nitrogen and oxygen atoms in total. The minimum Gasteiger partial charge on any atom is -0.444 e. The van der Waals surface area contributed by atoms with Gasteiger partial charge >= 0.3 is 6.09 Å². The first-order valence-corrected chi connectivity index (χ1v) is 8.46. The summed E-state index contributed by atoms with van der Waals surface area (Å²) in [6.07, 6.45) is 1.46. The summed E-state index contributed by atoms with van der Waals surface area (Å²) >= 11 is 3.48. The molecule has 0 N–H and O–H groups in total. The zero-order valence-electron chi connectivity index (χ0n) is 13.5. The van der Waals surface area contributed by atoms with E-state index < -0.39 is 5.60 Å². The number of carbonyl (C=O) groups is 1. The van der Waals surface area contributed by atoms with Gasteiger partial charge in [0.1, 0.15) is 5.60 Å². The van der Waals surface area contributed by atoms with Crippen molar-refractivity contribution < 1.29 is 14.3 Å². The van der Waals surface area contributed by atoms with Gasteiger partial charge in [0, 0.05) is 30.3 Å². The highest BCUT2D eigenvalue weighted by Crippen LogP contribution is 2.22. The van der Waals surface area contributed by atoms with Crippen LogP contribution in [0.3, 0.4) is 0 Å². The second kappa shape index (κ2) is 7.47. The number of halogens is 1. The van der Waals surface area contributed by atoms with Crippen LogP contribution in [0.2, 0.25) is 0 Å². The lowest BCUT2D eigenvalue weighted by Gasteiger charge is -2.35. The van der Waals surface area contributed by atoms with Crippen molar-refractivity contribution in [2.45, 2.75) is 51.8 Å². The van der Waals surface area contributed by atoms with Gasteiger partial charge in [-0.15, -0.1) is 0 Å². The summed E-state index contributed by atoms with van der Waals surface area (Å²) in [6.45, 7) is 7.63. The summed E-state index contributed by atoms with van der Waals surface area (Å²) in [5.74, 6) is 0. The number of amides is 1. The smallest absolute Gasteiger partial charge is 0.410 e. The fourth-order valence-electron chi connectivity index (χ4n) is 2.49. The maximum Gasteiger partial charge on any atom is 0.410 e. The van der Waals surface area contributed by atoms with Gasteiger partial charge < -0.3 is 14.4 Å². The van der Waals surface area contributed by atoms with E-state index in [0.29, 0.717) is 19.8 Å². The highest BCUT2D eigenvalue weighted by Gasteiger charge is 2.29. The van der Waals surface area contributed by atoms with Crippen molar-refractivity contribution in [1.82, 2.24) is 4.90 Å². The maximum absolute atomic E-state index is 12.6. The Balaban J connectivity index is 2.15. The van der Waals surface area contributed by atoms with Gasteiger partial charge in [0.05, 0.1) is 0 Å². The number of hydrogen-bond acceptors (Lipinski definition) is 3. The van der Waals surface area contributed by atoms with E-state index in [-0.39, 0.29) is 12.1 Å². The van der Waals surface area contributed by atoms with Crippen LogP contribution >= 0.6 is 15.9 Å². The molecular weight excluding hydrogens is 346 g/mol. The van der Waals surface area contributed by atoms with Gasteiger partial charge in [-0.1, -0.05) is 28.1 Å². The van der Waals surface area contributed by atoms with Crippen LogP contribution in [0.1, 0.15) is 39.2 Å². The molecule has 5 heteroatoms. The Morgan fingerprint density at radius 1 is 1.36 bits per heavy atom. The molecule has 22 heavy (non-hydrogen) atoms. The van der Waals surface area contributed by atoms with Crippen molar-refractivity contribution in [2.24, 2.45) is 0 Å². The minimum atomic E-state index is -0.488. The number of nitrogens with zero attached hydrogens (tertiary/aromatic N) is 1. The number of hydrogen-bond donors (Lipinski definition) is 0. The van der Waals surface area contributed by atoms with Crippen LogP contribution in [0.25, 0.3) is 0 Å². The molecule has 0 aromatic heterocycles. The fraction of sp³-hybridized carbons (Fsp3) is 0.588. The van der Waals surface area contributed by atoms with Crippen molar-refractivity contribution in [3.05, 3.63) is 34.3 Å². The van der Waals surface area contributed by atoms with Crippen molar-refractivity contribution in [1.29, 1.82) is 0 Å². The third-order valence-corrected chi connectivity index (χ3v) is 3.99. The summed E-state index contributed by atoms with van der Waals surface area (Å²) < 4.78 is 12.0. The van der Waals surface area contributed by atoms with Gasteiger partial charge in [-0.25, -0.2) is 4.79 Å². The van der Waals surface area contributed by atoms with Crippen molar-refractivity contribution in [3.8, 4) is 0 Å². The van der Waals surface area contributed by atoms with Crippen LogP contribution in [0.15, 0.2) is 28.7 Å². The Morgan fingerprint density at radius 3 is 2.64 bits per heavy atom. The lowest BCUT2D eigenvalue weighted by molar-refractivity contribution is -0.00808. The highest BCUT2D eigenvalue weighted by molar-refractivity contribution is 9.10. The number of rotatable bonds is 3. The molecule has 0 unspecified atom stereocenters. The average molecular weight is 370 g/mol. The second-order valence-electron chi connectivity index (χ2n) is 6.58. The zero-order valence-corrected chi connectivity index (χ0v) is 15.1. The highest BCUT2D eigenvalue weighted by atomic mass is 79.9. The fourth-order valence-corrected chi connectivity index (χ4v) is 2.94. The van der Waals surface area contributed by atoms with Gasteiger partial charge in [-0.05, 0) is 51.3 Å². The molecule has 1 aliphatic heterocycles. The number of benzene rings is 1. The summed E-state index contributed by atoms with van der Waals surface area (Å²) in [5.41, 5.74) is 0.601. The van der Waals surface area contributed by atoms with Crippen molar-refractivity contribution in [2.75, 3.05) is 13.2 Å². The molecule has 1 aliphatic rings. The molecule has 2 rings (SSSR count). The van der Waals surface area contributed by atoms with E-state index >= 15 is 0 Å². The zero-order chi connectivity index (χ0) is 16.2. The molecule has 0 saturated carbocycles. The van der Waals surface area contributed by atoms with Gasteiger partial charge in [0.2, 0.25) is 0 Å². The molecule has 1 aromatic rings. The van der Waals surface area contributed by atoms with Crippen LogP contribution in [-0.2, 0) is 16.0 Å². The first-order valence-electron chi connectivity index (χ1n) is 7.67. The molecule has 122 valence electrons. The van der Waals surface area contributed by atoms with E-state index in [1.54, 1.807) is 0 Å². The molecule has 1 aromatic carbocycles. The van der Waals surface area contributed by atoms with Crippen LogP contribution in [-0.4, -0.2) is 35.8 Å². The van der Waals surface area contributed by atoms with Crippen LogP contribution < -0.4 is 0 Å². The Labute approximate surface area is 140 Å². The van der Waals surface area contributed by atoms with Crippen LogP contribution in [0, 0.1) is 0 Å². The molecule has 0 bridgehead atoms. The molecule has 0 radical (unpaired) electrons. The SMILES string of the molecule is CC(C)(C)OC(=O)N(Cc1cccc(Br)c1)C1CCOCC1. The first-order chi connectivity index (χ1) is 10.3. The van der Waals surface area contributed by atoms with Crippen LogP contribution in [0.4, 0.5) is 4.79 Å². The van der Waals surface area contributed by atoms with E-state index in [2.05, 4.69) is 15.9 Å². The Kier molecular flexibility index (Phi) is 5.87. The summed E-state index contributed by atoms with van der Waals surface area (Å²) in [5, 5.41) is 0. The molecule has 1 heterocycles. The van der Waals surface area contributed by atoms with E-state index in [1.165, 1.54) is 0 Å².